The van der Waals surface area contributed by atoms with Gasteiger partial charge in [-0.1, -0.05) is 6.07 Å². The quantitative estimate of drug-likeness (QED) is 0.712. The summed E-state index contributed by atoms with van der Waals surface area (Å²) in [6.07, 6.45) is 1.67. The van der Waals surface area contributed by atoms with Crippen LogP contribution in [0.3, 0.4) is 0 Å². The van der Waals surface area contributed by atoms with Gasteiger partial charge in [-0.3, -0.25) is 4.90 Å². The summed E-state index contributed by atoms with van der Waals surface area (Å²) < 4.78 is 16.9. The van der Waals surface area contributed by atoms with Gasteiger partial charge in [0.2, 0.25) is 17.5 Å². The van der Waals surface area contributed by atoms with Gasteiger partial charge in [0.1, 0.15) is 11.8 Å². The smallest absolute Gasteiger partial charge is 0.240 e. The van der Waals surface area contributed by atoms with E-state index in [1.54, 1.807) is 6.26 Å². The van der Waals surface area contributed by atoms with E-state index in [9.17, 15) is 5.26 Å². The number of anilines is 1. The Labute approximate surface area is 154 Å². The van der Waals surface area contributed by atoms with Gasteiger partial charge in [0.25, 0.3) is 0 Å². The molecule has 1 atom stereocenters. The van der Waals surface area contributed by atoms with Crippen LogP contribution in [-0.2, 0) is 4.74 Å². The van der Waals surface area contributed by atoms with E-state index in [1.165, 1.54) is 11.3 Å². The Hall–Kier alpha value is -2.60. The Bertz CT molecular complexity index is 861. The Morgan fingerprint density at radius 1 is 1.31 bits per heavy atom. The molecule has 0 aromatic carbocycles. The molecule has 0 saturated carbocycles. The maximum atomic E-state index is 9.37. The molecule has 134 valence electrons. The van der Waals surface area contributed by atoms with Crippen LogP contribution in [0.4, 0.5) is 5.88 Å². The van der Waals surface area contributed by atoms with Crippen molar-refractivity contribution in [3.05, 3.63) is 47.4 Å². The molecular weight excluding hydrogens is 352 g/mol. The molecule has 0 bridgehead atoms. The molecule has 1 saturated heterocycles. The number of rotatable bonds is 6. The van der Waals surface area contributed by atoms with Gasteiger partial charge in [-0.05, 0) is 23.6 Å². The fourth-order valence-electron chi connectivity index (χ4n) is 2.99. The number of hydrogen-bond acceptors (Lipinski definition) is 8. The molecule has 0 unspecified atom stereocenters. The predicted molar refractivity (Wildman–Crippen MR) is 96.9 cm³/mol. The van der Waals surface area contributed by atoms with Gasteiger partial charge in [-0.25, -0.2) is 0 Å². The molecule has 1 aliphatic rings. The molecule has 4 heterocycles. The van der Waals surface area contributed by atoms with Gasteiger partial charge in [0.15, 0.2) is 0 Å². The van der Waals surface area contributed by atoms with Gasteiger partial charge in [-0.15, -0.1) is 11.3 Å². The zero-order chi connectivity index (χ0) is 17.8. The van der Waals surface area contributed by atoms with Crippen LogP contribution in [0.1, 0.15) is 17.5 Å². The summed E-state index contributed by atoms with van der Waals surface area (Å²) in [5.74, 6) is 1.72. The normalized spacial score (nSPS) is 16.3. The van der Waals surface area contributed by atoms with Crippen molar-refractivity contribution in [3.8, 4) is 16.8 Å². The molecular formula is C18H18N4O3S. The van der Waals surface area contributed by atoms with Crippen molar-refractivity contribution in [2.24, 2.45) is 0 Å². The number of hydrogen-bond donors (Lipinski definition) is 1. The van der Waals surface area contributed by atoms with Crippen LogP contribution in [-0.4, -0.2) is 42.7 Å². The molecule has 0 amide bonds. The van der Waals surface area contributed by atoms with Crippen LogP contribution < -0.4 is 5.32 Å². The highest BCUT2D eigenvalue weighted by molar-refractivity contribution is 7.13. The van der Waals surface area contributed by atoms with Crippen LogP contribution in [0.5, 0.6) is 0 Å². The van der Waals surface area contributed by atoms with Crippen molar-refractivity contribution in [1.82, 2.24) is 9.88 Å². The first-order valence-corrected chi connectivity index (χ1v) is 9.27. The van der Waals surface area contributed by atoms with E-state index >= 15 is 0 Å². The first-order valence-electron chi connectivity index (χ1n) is 8.39. The number of nitriles is 1. The number of aromatic nitrogens is 1. The lowest BCUT2D eigenvalue weighted by Gasteiger charge is -2.33. The molecule has 1 fully saturated rings. The lowest BCUT2D eigenvalue weighted by molar-refractivity contribution is 0.0144. The zero-order valence-electron chi connectivity index (χ0n) is 14.1. The number of furan rings is 1. The average Bonchev–Trinajstić information content (AvgIpc) is 3.44. The van der Waals surface area contributed by atoms with Crippen molar-refractivity contribution in [2.75, 3.05) is 38.2 Å². The number of morpholine rings is 1. The van der Waals surface area contributed by atoms with Crippen LogP contribution in [0.15, 0.2) is 44.7 Å². The van der Waals surface area contributed by atoms with Crippen molar-refractivity contribution in [3.63, 3.8) is 0 Å². The highest BCUT2D eigenvalue weighted by Gasteiger charge is 2.26. The standard InChI is InChI=1S/C18H18N4O3S/c19-11-13-17(25-18(21-13)16-4-2-10-26-16)20-12-14(15-3-1-7-24-15)22-5-8-23-9-6-22/h1-4,7,10,14,20H,5-6,8-9,12H2/t14-/m0/s1. The second kappa shape index (κ2) is 7.74. The minimum absolute atomic E-state index is 0.0238. The SMILES string of the molecule is N#Cc1nc(-c2cccs2)oc1NC[C@@H](c1ccco1)N1CCOCC1. The van der Waals surface area contributed by atoms with E-state index < -0.39 is 0 Å². The third-order valence-corrected chi connectivity index (χ3v) is 5.14. The largest absolute Gasteiger partial charge is 0.468 e. The molecule has 3 aromatic rings. The Kier molecular flexibility index (Phi) is 5.02. The lowest BCUT2D eigenvalue weighted by Crippen LogP contribution is -2.41. The second-order valence-electron chi connectivity index (χ2n) is 5.85. The molecule has 1 N–H and O–H groups in total. The predicted octanol–water partition coefficient (Wildman–Crippen LogP) is 3.35. The van der Waals surface area contributed by atoms with E-state index in [1.807, 2.05) is 29.6 Å². The van der Waals surface area contributed by atoms with Crippen molar-refractivity contribution >= 4 is 17.2 Å². The van der Waals surface area contributed by atoms with E-state index in [-0.39, 0.29) is 11.7 Å². The average molecular weight is 370 g/mol. The zero-order valence-corrected chi connectivity index (χ0v) is 14.9. The maximum absolute atomic E-state index is 9.37. The first-order chi connectivity index (χ1) is 12.8. The van der Waals surface area contributed by atoms with Crippen molar-refractivity contribution in [2.45, 2.75) is 6.04 Å². The van der Waals surface area contributed by atoms with E-state index in [2.05, 4.69) is 21.3 Å². The molecule has 0 aliphatic carbocycles. The van der Waals surface area contributed by atoms with Crippen LogP contribution >= 0.6 is 11.3 Å². The fraction of sp³-hybridized carbons (Fsp3) is 0.333. The molecule has 3 aromatic heterocycles. The number of nitrogens with zero attached hydrogens (tertiary/aromatic N) is 3. The van der Waals surface area contributed by atoms with Gasteiger partial charge in [-0.2, -0.15) is 10.2 Å². The Balaban J connectivity index is 1.53. The van der Waals surface area contributed by atoms with Crippen LogP contribution in [0.25, 0.3) is 10.8 Å². The molecule has 26 heavy (non-hydrogen) atoms. The van der Waals surface area contributed by atoms with Gasteiger partial charge < -0.3 is 18.9 Å². The van der Waals surface area contributed by atoms with E-state index in [4.69, 9.17) is 13.6 Å². The highest BCUT2D eigenvalue weighted by Crippen LogP contribution is 2.30. The van der Waals surface area contributed by atoms with E-state index in [0.717, 1.165) is 23.7 Å². The number of ether oxygens (including phenoxy) is 1. The van der Waals surface area contributed by atoms with Crippen LogP contribution in [0.2, 0.25) is 0 Å². The molecule has 8 heteroatoms. The number of nitrogens with one attached hydrogen (secondary N) is 1. The Morgan fingerprint density at radius 3 is 2.88 bits per heavy atom. The van der Waals surface area contributed by atoms with Crippen molar-refractivity contribution < 1.29 is 13.6 Å². The summed E-state index contributed by atoms with van der Waals surface area (Å²) in [6, 6.07) is 9.81. The Morgan fingerprint density at radius 2 is 2.19 bits per heavy atom. The van der Waals surface area contributed by atoms with Gasteiger partial charge >= 0.3 is 0 Å². The summed E-state index contributed by atoms with van der Waals surface area (Å²) in [5.41, 5.74) is 0.258. The monoisotopic (exact) mass is 370 g/mol. The third kappa shape index (κ3) is 3.51. The topological polar surface area (TPSA) is 87.5 Å². The molecule has 0 spiro atoms. The third-order valence-electron chi connectivity index (χ3n) is 4.28. The summed E-state index contributed by atoms with van der Waals surface area (Å²) in [4.78, 5) is 7.48. The number of thiophene rings is 1. The molecule has 1 aliphatic heterocycles. The fourth-order valence-corrected chi connectivity index (χ4v) is 3.64. The van der Waals surface area contributed by atoms with Crippen LogP contribution in [0, 0.1) is 11.3 Å². The highest BCUT2D eigenvalue weighted by atomic mass is 32.1. The minimum Gasteiger partial charge on any atom is -0.468 e. The molecule has 4 rings (SSSR count). The summed E-state index contributed by atoms with van der Waals surface area (Å²) >= 11 is 1.52. The lowest BCUT2D eigenvalue weighted by atomic mass is 10.1. The minimum atomic E-state index is 0.0238. The number of oxazole rings is 1. The summed E-state index contributed by atoms with van der Waals surface area (Å²) in [7, 11) is 0. The maximum Gasteiger partial charge on any atom is 0.240 e. The first kappa shape index (κ1) is 16.8. The summed E-state index contributed by atoms with van der Waals surface area (Å²) in [6.45, 7) is 3.60. The molecule has 0 radical (unpaired) electrons. The summed E-state index contributed by atoms with van der Waals surface area (Å²) in [5, 5.41) is 14.6. The van der Waals surface area contributed by atoms with Crippen molar-refractivity contribution in [1.29, 1.82) is 5.26 Å². The molecule has 7 nitrogen and oxygen atoms in total. The van der Waals surface area contributed by atoms with Gasteiger partial charge in [0, 0.05) is 19.6 Å². The van der Waals surface area contributed by atoms with Gasteiger partial charge in [0.05, 0.1) is 30.4 Å². The second-order valence-corrected chi connectivity index (χ2v) is 6.79. The van der Waals surface area contributed by atoms with E-state index in [0.29, 0.717) is 31.5 Å².